The van der Waals surface area contributed by atoms with Gasteiger partial charge in [0.25, 0.3) is 5.56 Å². The SMILES string of the molecule is CCNC(=O)Cn1c(=O)c2c(C)c(-n3nccn3)sc2n(CCc2cc(F)ccc2OC)c1=O.COCCO. The van der Waals surface area contributed by atoms with Crippen molar-refractivity contribution in [3.05, 3.63) is 68.4 Å². The van der Waals surface area contributed by atoms with Crippen molar-refractivity contribution in [3.8, 4) is 10.8 Å². The second kappa shape index (κ2) is 13.8. The molecule has 210 valence electrons. The van der Waals surface area contributed by atoms with Gasteiger partial charge in [0, 0.05) is 25.8 Å². The zero-order chi connectivity index (χ0) is 28.5. The maximum atomic E-state index is 13.9. The number of rotatable bonds is 10. The minimum Gasteiger partial charge on any atom is -0.496 e. The number of carbonyl (C=O) groups excluding carboxylic acids is 1. The molecular weight excluding hydrogens is 531 g/mol. The van der Waals surface area contributed by atoms with E-state index in [1.807, 2.05) is 0 Å². The normalized spacial score (nSPS) is 10.8. The molecule has 1 amide bonds. The van der Waals surface area contributed by atoms with E-state index < -0.39 is 29.5 Å². The van der Waals surface area contributed by atoms with E-state index in [1.165, 1.54) is 58.4 Å². The van der Waals surface area contributed by atoms with Crippen molar-refractivity contribution >= 4 is 27.5 Å². The number of carbonyl (C=O) groups is 1. The largest absolute Gasteiger partial charge is 0.496 e. The maximum absolute atomic E-state index is 13.9. The first-order valence-electron chi connectivity index (χ1n) is 12.1. The minimum atomic E-state index is -0.625. The molecule has 39 heavy (non-hydrogen) atoms. The number of thiophene rings is 1. The van der Waals surface area contributed by atoms with E-state index in [0.29, 0.717) is 45.2 Å². The van der Waals surface area contributed by atoms with Crippen LogP contribution in [0.1, 0.15) is 18.1 Å². The Kier molecular flexibility index (Phi) is 10.5. The lowest BCUT2D eigenvalue weighted by atomic mass is 10.1. The molecule has 12 nitrogen and oxygen atoms in total. The van der Waals surface area contributed by atoms with Gasteiger partial charge < -0.3 is 19.9 Å². The van der Waals surface area contributed by atoms with Crippen LogP contribution in [0.15, 0.2) is 40.2 Å². The minimum absolute atomic E-state index is 0.122. The topological polar surface area (TPSA) is 143 Å². The van der Waals surface area contributed by atoms with Crippen molar-refractivity contribution in [1.82, 2.24) is 29.4 Å². The highest BCUT2D eigenvalue weighted by Crippen LogP contribution is 2.30. The Morgan fingerprint density at radius 2 is 1.90 bits per heavy atom. The number of fused-ring (bicyclic) bond motifs is 1. The lowest BCUT2D eigenvalue weighted by Gasteiger charge is -2.13. The van der Waals surface area contributed by atoms with Gasteiger partial charge in [0.05, 0.1) is 38.1 Å². The van der Waals surface area contributed by atoms with Crippen molar-refractivity contribution < 1.29 is 23.8 Å². The molecule has 0 radical (unpaired) electrons. The van der Waals surface area contributed by atoms with Crippen LogP contribution in [0.25, 0.3) is 15.2 Å². The predicted octanol–water partition coefficient (Wildman–Crippen LogP) is 1.27. The number of benzene rings is 1. The predicted molar refractivity (Wildman–Crippen MR) is 144 cm³/mol. The Morgan fingerprint density at radius 3 is 2.49 bits per heavy atom. The first-order valence-corrected chi connectivity index (χ1v) is 12.9. The third-order valence-electron chi connectivity index (χ3n) is 5.69. The average Bonchev–Trinajstić information content (AvgIpc) is 3.56. The van der Waals surface area contributed by atoms with E-state index >= 15 is 0 Å². The van der Waals surface area contributed by atoms with Gasteiger partial charge in [-0.25, -0.2) is 9.18 Å². The molecule has 0 fully saturated rings. The average molecular weight is 563 g/mol. The number of halogens is 1. The molecule has 4 rings (SSSR count). The molecular formula is C25H31FN6O6S. The Bertz CT molecular complexity index is 1530. The van der Waals surface area contributed by atoms with Crippen LogP contribution in [-0.4, -0.2) is 69.1 Å². The summed E-state index contributed by atoms with van der Waals surface area (Å²) in [4.78, 5) is 40.8. The molecule has 3 aromatic heterocycles. The summed E-state index contributed by atoms with van der Waals surface area (Å²) in [6.45, 7) is 4.17. The summed E-state index contributed by atoms with van der Waals surface area (Å²) in [5, 5.41) is 19.7. The first kappa shape index (κ1) is 29.7. The molecule has 1 aromatic carbocycles. The Balaban J connectivity index is 0.000000771. The Morgan fingerprint density at radius 1 is 1.18 bits per heavy atom. The van der Waals surface area contributed by atoms with Gasteiger partial charge in [0.15, 0.2) is 0 Å². The van der Waals surface area contributed by atoms with Crippen molar-refractivity contribution in [3.63, 3.8) is 0 Å². The van der Waals surface area contributed by atoms with Gasteiger partial charge in [-0.3, -0.25) is 18.7 Å². The van der Waals surface area contributed by atoms with E-state index in [1.54, 1.807) is 21.0 Å². The molecule has 0 spiro atoms. The summed E-state index contributed by atoms with van der Waals surface area (Å²) in [7, 11) is 3.04. The highest BCUT2D eigenvalue weighted by atomic mass is 32.1. The number of hydrogen-bond acceptors (Lipinski definition) is 9. The zero-order valence-corrected chi connectivity index (χ0v) is 23.0. The number of aliphatic hydroxyl groups is 1. The molecule has 4 aromatic rings. The highest BCUT2D eigenvalue weighted by molar-refractivity contribution is 7.21. The fraction of sp³-hybridized carbons (Fsp3) is 0.400. The Hall–Kier alpha value is -3.88. The summed E-state index contributed by atoms with van der Waals surface area (Å²) in [6, 6.07) is 4.17. The van der Waals surface area contributed by atoms with Gasteiger partial charge in [-0.15, -0.1) is 4.80 Å². The molecule has 0 aliphatic rings. The second-order valence-electron chi connectivity index (χ2n) is 8.23. The van der Waals surface area contributed by atoms with E-state index in [-0.39, 0.29) is 19.6 Å². The number of nitrogens with zero attached hydrogens (tertiary/aromatic N) is 5. The lowest BCUT2D eigenvalue weighted by molar-refractivity contribution is -0.121. The van der Waals surface area contributed by atoms with Crippen LogP contribution in [0, 0.1) is 12.7 Å². The summed E-state index contributed by atoms with van der Waals surface area (Å²) in [5.74, 6) is -0.375. The molecule has 0 aliphatic heterocycles. The van der Waals surface area contributed by atoms with Crippen molar-refractivity contribution in [2.75, 3.05) is 34.0 Å². The van der Waals surface area contributed by atoms with Crippen molar-refractivity contribution in [2.45, 2.75) is 33.4 Å². The fourth-order valence-corrected chi connectivity index (χ4v) is 5.13. The van der Waals surface area contributed by atoms with Gasteiger partial charge in [-0.05, 0) is 44.0 Å². The molecule has 3 heterocycles. The first-order chi connectivity index (χ1) is 18.8. The highest BCUT2D eigenvalue weighted by Gasteiger charge is 2.22. The number of aromatic nitrogens is 5. The van der Waals surface area contributed by atoms with E-state index in [0.717, 1.165) is 4.57 Å². The molecule has 0 bridgehead atoms. The Labute approximate surface area is 227 Å². The van der Waals surface area contributed by atoms with Crippen LogP contribution in [-0.2, 0) is 29.0 Å². The number of likely N-dealkylation sites (N-methyl/N-ethyl adjacent to an activating group) is 1. The quantitative estimate of drug-likeness (QED) is 0.294. The molecule has 0 saturated heterocycles. The number of ether oxygens (including phenoxy) is 2. The number of aliphatic hydroxyl groups excluding tert-OH is 1. The number of amides is 1. The third kappa shape index (κ3) is 6.77. The molecule has 0 saturated carbocycles. The molecule has 2 N–H and O–H groups in total. The van der Waals surface area contributed by atoms with Crippen molar-refractivity contribution in [1.29, 1.82) is 0 Å². The van der Waals surface area contributed by atoms with Gasteiger partial charge >= 0.3 is 5.69 Å². The maximum Gasteiger partial charge on any atom is 0.332 e. The fourth-order valence-electron chi connectivity index (χ4n) is 3.89. The van der Waals surface area contributed by atoms with E-state index in [9.17, 15) is 18.8 Å². The van der Waals surface area contributed by atoms with E-state index in [4.69, 9.17) is 9.84 Å². The summed E-state index contributed by atoms with van der Waals surface area (Å²) >= 11 is 1.20. The van der Waals surface area contributed by atoms with Crippen LogP contribution in [0.4, 0.5) is 4.39 Å². The van der Waals surface area contributed by atoms with Gasteiger partial charge in [-0.1, -0.05) is 11.3 Å². The van der Waals surface area contributed by atoms with Gasteiger partial charge in [0.1, 0.15) is 27.9 Å². The van der Waals surface area contributed by atoms with E-state index in [2.05, 4.69) is 20.3 Å². The number of nitrogens with one attached hydrogen (secondary N) is 1. The second-order valence-corrected chi connectivity index (χ2v) is 9.21. The molecule has 0 unspecified atom stereocenters. The summed E-state index contributed by atoms with van der Waals surface area (Å²) < 4.78 is 26.0. The molecule has 0 atom stereocenters. The number of hydrogen-bond donors (Lipinski definition) is 2. The van der Waals surface area contributed by atoms with Crippen molar-refractivity contribution in [2.24, 2.45) is 0 Å². The van der Waals surface area contributed by atoms with Crippen LogP contribution in [0.3, 0.4) is 0 Å². The monoisotopic (exact) mass is 562 g/mol. The van der Waals surface area contributed by atoms with Gasteiger partial charge in [-0.2, -0.15) is 10.2 Å². The van der Waals surface area contributed by atoms with Crippen LogP contribution >= 0.6 is 11.3 Å². The number of methoxy groups -OCH3 is 2. The lowest BCUT2D eigenvalue weighted by Crippen LogP contribution is -2.43. The van der Waals surface area contributed by atoms with Gasteiger partial charge in [0.2, 0.25) is 5.91 Å². The molecule has 0 aliphatic carbocycles. The van der Waals surface area contributed by atoms with Crippen LogP contribution in [0.2, 0.25) is 0 Å². The molecule has 14 heteroatoms. The van der Waals surface area contributed by atoms with Crippen LogP contribution < -0.4 is 21.3 Å². The summed E-state index contributed by atoms with van der Waals surface area (Å²) in [6.07, 6.45) is 3.29. The smallest absolute Gasteiger partial charge is 0.332 e. The zero-order valence-electron chi connectivity index (χ0n) is 22.1. The standard InChI is InChI=1S/C22H23FN6O4S.C3H8O2/c1-4-24-17(30)12-28-19(31)18-13(2)20(29-25-8-9-26-29)34-21(18)27(22(28)32)10-7-14-11-15(23)5-6-16(14)33-3;1-5-3-2-4/h5-6,8-9,11H,4,7,10,12H2,1-3H3,(H,24,30);4H,2-3H2,1H3. The third-order valence-corrected chi connectivity index (χ3v) is 6.97. The summed E-state index contributed by atoms with van der Waals surface area (Å²) in [5.41, 5.74) is -0.00690. The number of aryl methyl sites for hydroxylation is 3. The van der Waals surface area contributed by atoms with Crippen LogP contribution in [0.5, 0.6) is 5.75 Å².